The molecule has 0 fully saturated rings. The Morgan fingerprint density at radius 2 is 0.707 bits per heavy atom. The molecule has 0 bridgehead atoms. The highest BCUT2D eigenvalue weighted by Crippen LogP contribution is 2.39. The van der Waals surface area contributed by atoms with Crippen molar-refractivity contribution in [3.63, 3.8) is 0 Å². The summed E-state index contributed by atoms with van der Waals surface area (Å²) in [7, 11) is 4.50. The van der Waals surface area contributed by atoms with Gasteiger partial charge < -0.3 is 14.4 Å². The lowest BCUT2D eigenvalue weighted by molar-refractivity contribution is -0.144. The fourth-order valence-corrected chi connectivity index (χ4v) is 11.2. The number of unbranched alkanes of at least 4 members (excludes halogenated alkanes) is 19. The van der Waals surface area contributed by atoms with Gasteiger partial charge in [-0.1, -0.05) is 182 Å². The molecule has 0 aromatic carbocycles. The molecule has 58 heavy (non-hydrogen) atoms. The van der Waals surface area contributed by atoms with Gasteiger partial charge >= 0.3 is 11.9 Å². The highest BCUT2D eigenvalue weighted by atomic mass is 31.1. The molecule has 0 atom stereocenters. The summed E-state index contributed by atoms with van der Waals surface area (Å²) in [4.78, 5) is 27.0. The molecule has 0 saturated heterocycles. The van der Waals surface area contributed by atoms with Crippen molar-refractivity contribution in [2.24, 2.45) is 11.8 Å². The number of carbonyl (C=O) groups is 2. The van der Waals surface area contributed by atoms with Crippen LogP contribution < -0.4 is 0 Å². The van der Waals surface area contributed by atoms with E-state index in [1.165, 1.54) is 205 Å². The van der Waals surface area contributed by atoms with Gasteiger partial charge in [0, 0.05) is 12.8 Å². The monoisotopic (exact) mass is 838 g/mol. The molecule has 0 aromatic heterocycles. The minimum Gasteiger partial charge on any atom is -0.466 e. The van der Waals surface area contributed by atoms with E-state index in [-0.39, 0.29) is 19.9 Å². The number of ether oxygens (including phenoxy) is 2. The molecule has 6 heteroatoms. The standard InChI is InChI=1S/C52H104NO4P/c1-7-11-21-35-49(36-22-12-8-2)39-27-30-44-56-51(54)41-25-17-15-19-32-46-58(48-34-29-43-53(5)6)47-33-20-16-18-26-42-52(55)57-45-31-28-40-50(37-23-13-9-3)38-24-14-10-4/h49-50H,7-48H2,1-6H3. The van der Waals surface area contributed by atoms with Crippen LogP contribution in [0.5, 0.6) is 0 Å². The maximum Gasteiger partial charge on any atom is 0.305 e. The molecule has 0 aliphatic heterocycles. The number of nitrogens with zero attached hydrogens (tertiary/aromatic N) is 1. The second-order valence-electron chi connectivity index (χ2n) is 18.5. The van der Waals surface area contributed by atoms with Crippen LogP contribution in [0.3, 0.4) is 0 Å². The average Bonchev–Trinajstić information content (AvgIpc) is 3.20. The number of rotatable bonds is 47. The second-order valence-corrected chi connectivity index (χ2v) is 21.2. The van der Waals surface area contributed by atoms with E-state index in [4.69, 9.17) is 9.47 Å². The van der Waals surface area contributed by atoms with Gasteiger partial charge in [-0.15, -0.1) is 7.92 Å². The quantitative estimate of drug-likeness (QED) is 0.0347. The lowest BCUT2D eigenvalue weighted by Crippen LogP contribution is -2.13. The van der Waals surface area contributed by atoms with E-state index in [0.717, 1.165) is 50.4 Å². The van der Waals surface area contributed by atoms with Gasteiger partial charge in [0.05, 0.1) is 13.2 Å². The summed E-state index contributed by atoms with van der Waals surface area (Å²) < 4.78 is 11.2. The van der Waals surface area contributed by atoms with Gasteiger partial charge in [0.25, 0.3) is 0 Å². The van der Waals surface area contributed by atoms with E-state index in [9.17, 15) is 9.59 Å². The van der Waals surface area contributed by atoms with Crippen LogP contribution in [0.2, 0.25) is 0 Å². The Balaban J connectivity index is 4.09. The molecule has 346 valence electrons. The molecule has 0 aromatic rings. The van der Waals surface area contributed by atoms with Crippen LogP contribution in [-0.4, -0.2) is 69.2 Å². The first-order valence-electron chi connectivity index (χ1n) is 26.0. The first-order valence-corrected chi connectivity index (χ1v) is 27.9. The van der Waals surface area contributed by atoms with Gasteiger partial charge in [-0.25, -0.2) is 0 Å². The molecule has 0 radical (unpaired) electrons. The molecule has 0 spiro atoms. The molecule has 0 rings (SSSR count). The maximum absolute atomic E-state index is 12.3. The van der Waals surface area contributed by atoms with Gasteiger partial charge in [-0.05, 0) is 115 Å². The SMILES string of the molecule is CCCCCC(CCCCC)CCCCOC(=O)CCCCCCCP(CCCCCCCC(=O)OCCCCC(CCCCC)CCCCC)CCCCN(C)C. The van der Waals surface area contributed by atoms with E-state index >= 15 is 0 Å². The summed E-state index contributed by atoms with van der Waals surface area (Å²) >= 11 is 0. The van der Waals surface area contributed by atoms with Crippen LogP contribution >= 0.6 is 7.92 Å². The first-order chi connectivity index (χ1) is 28.4. The van der Waals surface area contributed by atoms with E-state index in [2.05, 4.69) is 46.7 Å². The minimum atomic E-state index is 0.0173. The summed E-state index contributed by atoms with van der Waals surface area (Å²) in [6.07, 6.45) is 49.0. The molecular formula is C52H104NO4P. The Kier molecular flexibility index (Phi) is 45.3. The van der Waals surface area contributed by atoms with Crippen molar-refractivity contribution in [1.82, 2.24) is 4.90 Å². The Bertz CT molecular complexity index is 773. The van der Waals surface area contributed by atoms with Crippen LogP contribution in [0.4, 0.5) is 0 Å². The number of carbonyl (C=O) groups excluding carboxylic acids is 2. The summed E-state index contributed by atoms with van der Waals surface area (Å²) in [6.45, 7) is 11.6. The second kappa shape index (κ2) is 45.8. The molecule has 0 N–H and O–H groups in total. The number of hydrogen-bond acceptors (Lipinski definition) is 5. The third-order valence-electron chi connectivity index (χ3n) is 12.4. The summed E-state index contributed by atoms with van der Waals surface area (Å²) in [6, 6.07) is 0. The Morgan fingerprint density at radius 1 is 0.397 bits per heavy atom. The zero-order valence-electron chi connectivity index (χ0n) is 40.4. The molecule has 0 aliphatic rings. The fraction of sp³-hybridized carbons (Fsp3) is 0.962. The minimum absolute atomic E-state index is 0.0173. The van der Waals surface area contributed by atoms with Crippen molar-refractivity contribution in [2.45, 2.75) is 259 Å². The number of esters is 2. The molecule has 0 amide bonds. The van der Waals surface area contributed by atoms with E-state index in [1.807, 2.05) is 0 Å². The van der Waals surface area contributed by atoms with Crippen molar-refractivity contribution < 1.29 is 19.1 Å². The fourth-order valence-electron chi connectivity index (χ4n) is 8.55. The summed E-state index contributed by atoms with van der Waals surface area (Å²) in [5.74, 6) is 1.78. The van der Waals surface area contributed by atoms with Crippen molar-refractivity contribution in [2.75, 3.05) is 52.3 Å². The summed E-state index contributed by atoms with van der Waals surface area (Å²) in [5, 5.41) is 0. The Labute approximate surface area is 365 Å². The lowest BCUT2D eigenvalue weighted by Gasteiger charge is -2.18. The molecule has 0 unspecified atom stereocenters. The average molecular weight is 838 g/mol. The molecule has 0 heterocycles. The predicted molar refractivity (Wildman–Crippen MR) is 258 cm³/mol. The Morgan fingerprint density at radius 3 is 1.05 bits per heavy atom. The molecule has 0 aliphatic carbocycles. The van der Waals surface area contributed by atoms with E-state index in [1.54, 1.807) is 0 Å². The van der Waals surface area contributed by atoms with Gasteiger partial charge in [0.15, 0.2) is 0 Å². The lowest BCUT2D eigenvalue weighted by atomic mass is 9.90. The van der Waals surface area contributed by atoms with Crippen molar-refractivity contribution in [1.29, 1.82) is 0 Å². The van der Waals surface area contributed by atoms with Crippen LogP contribution in [0.15, 0.2) is 0 Å². The zero-order valence-corrected chi connectivity index (χ0v) is 41.3. The molecule has 0 saturated carbocycles. The van der Waals surface area contributed by atoms with Crippen molar-refractivity contribution in [3.8, 4) is 0 Å². The van der Waals surface area contributed by atoms with Crippen molar-refractivity contribution >= 4 is 19.9 Å². The highest BCUT2D eigenvalue weighted by molar-refractivity contribution is 7.57. The van der Waals surface area contributed by atoms with Gasteiger partial charge in [-0.2, -0.15) is 0 Å². The van der Waals surface area contributed by atoms with Crippen molar-refractivity contribution in [3.05, 3.63) is 0 Å². The molecule has 5 nitrogen and oxygen atoms in total. The third-order valence-corrected chi connectivity index (χ3v) is 15.3. The highest BCUT2D eigenvalue weighted by Gasteiger charge is 2.12. The normalized spacial score (nSPS) is 11.8. The molecular weight excluding hydrogens is 734 g/mol. The van der Waals surface area contributed by atoms with Gasteiger partial charge in [0.1, 0.15) is 0 Å². The third kappa shape index (κ3) is 42.0. The van der Waals surface area contributed by atoms with Gasteiger partial charge in [0.2, 0.25) is 0 Å². The topological polar surface area (TPSA) is 55.8 Å². The maximum atomic E-state index is 12.3. The largest absolute Gasteiger partial charge is 0.466 e. The Hall–Kier alpha value is -0.670. The van der Waals surface area contributed by atoms with E-state index < -0.39 is 0 Å². The first kappa shape index (κ1) is 57.3. The smallest absolute Gasteiger partial charge is 0.305 e. The van der Waals surface area contributed by atoms with Crippen LogP contribution in [-0.2, 0) is 19.1 Å². The van der Waals surface area contributed by atoms with Crippen LogP contribution in [0.25, 0.3) is 0 Å². The van der Waals surface area contributed by atoms with Crippen LogP contribution in [0.1, 0.15) is 259 Å². The van der Waals surface area contributed by atoms with Crippen LogP contribution in [0, 0.1) is 11.8 Å². The predicted octanol–water partition coefficient (Wildman–Crippen LogP) is 16.5. The number of hydrogen-bond donors (Lipinski definition) is 0. The van der Waals surface area contributed by atoms with E-state index in [0.29, 0.717) is 26.1 Å². The summed E-state index contributed by atoms with van der Waals surface area (Å²) in [5.41, 5.74) is 0. The van der Waals surface area contributed by atoms with Gasteiger partial charge in [-0.3, -0.25) is 9.59 Å². The zero-order chi connectivity index (χ0) is 42.6.